The number of rotatable bonds is 7. The maximum atomic E-state index is 5.79. The molecule has 0 fully saturated rings. The predicted octanol–water partition coefficient (Wildman–Crippen LogP) is 0.928. The smallest absolute Gasteiger partial charge is 0.226 e. The van der Waals surface area contributed by atoms with Gasteiger partial charge in [-0.05, 0) is 12.8 Å². The Balaban J connectivity index is 2.35. The number of aryl methyl sites for hydroxylation is 1. The monoisotopic (exact) mass is 213 g/mol. The Hall–Kier alpha value is -0.940. The molecule has 0 bridgehead atoms. The van der Waals surface area contributed by atoms with Gasteiger partial charge in [-0.3, -0.25) is 0 Å². The van der Waals surface area contributed by atoms with Crippen molar-refractivity contribution in [2.45, 2.75) is 38.6 Å². The summed E-state index contributed by atoms with van der Waals surface area (Å²) in [5.74, 6) is 1.38. The Bertz CT molecular complexity index is 275. The van der Waals surface area contributed by atoms with Crippen LogP contribution in [-0.4, -0.2) is 29.9 Å². The van der Waals surface area contributed by atoms with E-state index in [2.05, 4.69) is 10.1 Å². The zero-order valence-corrected chi connectivity index (χ0v) is 9.40. The Morgan fingerprint density at radius 3 is 3.00 bits per heavy atom. The summed E-state index contributed by atoms with van der Waals surface area (Å²) < 4.78 is 10.0. The van der Waals surface area contributed by atoms with Crippen LogP contribution >= 0.6 is 0 Å². The SMILES string of the molecule is CCC(N)Cc1noc(CCCOC)n1. The lowest BCUT2D eigenvalue weighted by Crippen LogP contribution is -2.22. The molecule has 0 amide bonds. The number of aromatic nitrogens is 2. The van der Waals surface area contributed by atoms with Gasteiger partial charge in [0.15, 0.2) is 5.82 Å². The topological polar surface area (TPSA) is 74.2 Å². The Labute approximate surface area is 90.0 Å². The number of nitrogens with two attached hydrogens (primary N) is 1. The van der Waals surface area contributed by atoms with Crippen LogP contribution in [0.5, 0.6) is 0 Å². The van der Waals surface area contributed by atoms with Crippen LogP contribution in [0, 0.1) is 0 Å². The summed E-state index contributed by atoms with van der Waals surface area (Å²) in [6.07, 6.45) is 3.28. The minimum absolute atomic E-state index is 0.120. The molecular weight excluding hydrogens is 194 g/mol. The molecule has 0 radical (unpaired) electrons. The molecule has 0 aliphatic rings. The summed E-state index contributed by atoms with van der Waals surface area (Å²) in [5.41, 5.74) is 5.79. The number of hydrogen-bond acceptors (Lipinski definition) is 5. The van der Waals surface area contributed by atoms with E-state index < -0.39 is 0 Å². The van der Waals surface area contributed by atoms with E-state index in [0.717, 1.165) is 19.3 Å². The summed E-state index contributed by atoms with van der Waals surface area (Å²) in [6.45, 7) is 2.76. The van der Waals surface area contributed by atoms with Crippen molar-refractivity contribution in [3.05, 3.63) is 11.7 Å². The maximum Gasteiger partial charge on any atom is 0.226 e. The highest BCUT2D eigenvalue weighted by Gasteiger charge is 2.09. The standard InChI is InChI=1S/C10H19N3O2/c1-3-8(11)7-9-12-10(15-13-9)5-4-6-14-2/h8H,3-7,11H2,1-2H3. The zero-order chi connectivity index (χ0) is 11.1. The molecule has 0 spiro atoms. The van der Waals surface area contributed by atoms with E-state index in [9.17, 15) is 0 Å². The first-order chi connectivity index (χ1) is 7.26. The predicted molar refractivity (Wildman–Crippen MR) is 56.5 cm³/mol. The lowest BCUT2D eigenvalue weighted by Gasteiger charge is -2.02. The van der Waals surface area contributed by atoms with Gasteiger partial charge in [-0.15, -0.1) is 0 Å². The first-order valence-electron chi connectivity index (χ1n) is 5.32. The van der Waals surface area contributed by atoms with Crippen molar-refractivity contribution < 1.29 is 9.26 Å². The van der Waals surface area contributed by atoms with Gasteiger partial charge >= 0.3 is 0 Å². The first-order valence-corrected chi connectivity index (χ1v) is 5.32. The molecule has 1 rings (SSSR count). The average molecular weight is 213 g/mol. The van der Waals surface area contributed by atoms with Crippen molar-refractivity contribution in [2.75, 3.05) is 13.7 Å². The highest BCUT2D eigenvalue weighted by molar-refractivity contribution is 4.89. The molecule has 1 aromatic heterocycles. The van der Waals surface area contributed by atoms with E-state index in [1.165, 1.54) is 0 Å². The fourth-order valence-electron chi connectivity index (χ4n) is 1.22. The van der Waals surface area contributed by atoms with Crippen molar-refractivity contribution in [1.29, 1.82) is 0 Å². The number of hydrogen-bond donors (Lipinski definition) is 1. The quantitative estimate of drug-likeness (QED) is 0.682. The van der Waals surface area contributed by atoms with Crippen LogP contribution in [0.25, 0.3) is 0 Å². The Morgan fingerprint density at radius 2 is 2.33 bits per heavy atom. The molecule has 1 unspecified atom stereocenters. The summed E-state index contributed by atoms with van der Waals surface area (Å²) in [5, 5.41) is 3.88. The van der Waals surface area contributed by atoms with E-state index in [0.29, 0.717) is 24.7 Å². The normalized spacial score (nSPS) is 13.0. The van der Waals surface area contributed by atoms with Crippen LogP contribution in [-0.2, 0) is 17.6 Å². The minimum atomic E-state index is 0.120. The highest BCUT2D eigenvalue weighted by atomic mass is 16.5. The highest BCUT2D eigenvalue weighted by Crippen LogP contribution is 2.04. The van der Waals surface area contributed by atoms with Gasteiger partial charge in [0.25, 0.3) is 0 Å². The molecule has 1 aromatic rings. The molecule has 86 valence electrons. The number of ether oxygens (including phenoxy) is 1. The van der Waals surface area contributed by atoms with Gasteiger partial charge in [0.05, 0.1) is 0 Å². The molecule has 2 N–H and O–H groups in total. The van der Waals surface area contributed by atoms with Gasteiger partial charge in [-0.1, -0.05) is 12.1 Å². The second kappa shape index (κ2) is 6.53. The summed E-state index contributed by atoms with van der Waals surface area (Å²) >= 11 is 0. The van der Waals surface area contributed by atoms with Crippen LogP contribution in [0.1, 0.15) is 31.5 Å². The van der Waals surface area contributed by atoms with Crippen LogP contribution < -0.4 is 5.73 Å². The minimum Gasteiger partial charge on any atom is -0.385 e. The summed E-state index contributed by atoms with van der Waals surface area (Å²) in [4.78, 5) is 4.26. The lowest BCUT2D eigenvalue weighted by atomic mass is 10.2. The molecular formula is C10H19N3O2. The van der Waals surface area contributed by atoms with Gasteiger partial charge in [0.2, 0.25) is 5.89 Å². The van der Waals surface area contributed by atoms with Crippen molar-refractivity contribution in [3.8, 4) is 0 Å². The van der Waals surface area contributed by atoms with E-state index in [1.807, 2.05) is 6.92 Å². The van der Waals surface area contributed by atoms with Gasteiger partial charge in [0, 0.05) is 32.6 Å². The molecule has 15 heavy (non-hydrogen) atoms. The van der Waals surface area contributed by atoms with Crippen LogP contribution in [0.4, 0.5) is 0 Å². The third kappa shape index (κ3) is 4.40. The van der Waals surface area contributed by atoms with Crippen LogP contribution in [0.2, 0.25) is 0 Å². The second-order valence-electron chi connectivity index (χ2n) is 3.57. The Morgan fingerprint density at radius 1 is 1.53 bits per heavy atom. The van der Waals surface area contributed by atoms with Crippen molar-refractivity contribution in [2.24, 2.45) is 5.73 Å². The third-order valence-electron chi connectivity index (χ3n) is 2.22. The maximum absolute atomic E-state index is 5.79. The lowest BCUT2D eigenvalue weighted by molar-refractivity contribution is 0.192. The van der Waals surface area contributed by atoms with Crippen LogP contribution in [0.3, 0.4) is 0 Å². The molecule has 0 aromatic carbocycles. The largest absolute Gasteiger partial charge is 0.385 e. The summed E-state index contributed by atoms with van der Waals surface area (Å²) in [7, 11) is 1.68. The van der Waals surface area contributed by atoms with Gasteiger partial charge in [-0.25, -0.2) is 0 Å². The van der Waals surface area contributed by atoms with E-state index >= 15 is 0 Å². The Kier molecular flexibility index (Phi) is 5.28. The van der Waals surface area contributed by atoms with E-state index in [1.54, 1.807) is 7.11 Å². The summed E-state index contributed by atoms with van der Waals surface area (Å²) in [6, 6.07) is 0.120. The number of methoxy groups -OCH3 is 1. The van der Waals surface area contributed by atoms with Crippen molar-refractivity contribution in [1.82, 2.24) is 10.1 Å². The number of nitrogens with zero attached hydrogens (tertiary/aromatic N) is 2. The first kappa shape index (κ1) is 12.1. The second-order valence-corrected chi connectivity index (χ2v) is 3.57. The fraction of sp³-hybridized carbons (Fsp3) is 0.800. The van der Waals surface area contributed by atoms with E-state index in [4.69, 9.17) is 15.0 Å². The zero-order valence-electron chi connectivity index (χ0n) is 9.40. The van der Waals surface area contributed by atoms with Gasteiger partial charge < -0.3 is 15.0 Å². The van der Waals surface area contributed by atoms with Crippen molar-refractivity contribution >= 4 is 0 Å². The molecule has 0 aliphatic heterocycles. The third-order valence-corrected chi connectivity index (χ3v) is 2.22. The van der Waals surface area contributed by atoms with Gasteiger partial charge in [-0.2, -0.15) is 4.98 Å². The van der Waals surface area contributed by atoms with E-state index in [-0.39, 0.29) is 6.04 Å². The molecule has 5 nitrogen and oxygen atoms in total. The van der Waals surface area contributed by atoms with Crippen LogP contribution in [0.15, 0.2) is 4.52 Å². The average Bonchev–Trinajstić information content (AvgIpc) is 2.66. The molecule has 1 heterocycles. The molecule has 5 heteroatoms. The molecule has 0 saturated carbocycles. The fourth-order valence-corrected chi connectivity index (χ4v) is 1.22. The van der Waals surface area contributed by atoms with Crippen molar-refractivity contribution in [3.63, 3.8) is 0 Å². The molecule has 0 saturated heterocycles. The molecule has 0 aliphatic carbocycles. The molecule has 1 atom stereocenters. The van der Waals surface area contributed by atoms with Gasteiger partial charge in [0.1, 0.15) is 0 Å².